The minimum Gasteiger partial charge on any atom is -0.356 e. The van der Waals surface area contributed by atoms with Crippen LogP contribution in [-0.2, 0) is 4.79 Å². The summed E-state index contributed by atoms with van der Waals surface area (Å²) in [5.41, 5.74) is 0. The lowest BCUT2D eigenvalue weighted by Gasteiger charge is -2.33. The van der Waals surface area contributed by atoms with Gasteiger partial charge in [0.05, 0.1) is 5.92 Å². The van der Waals surface area contributed by atoms with Gasteiger partial charge in [0.1, 0.15) is 5.82 Å². The van der Waals surface area contributed by atoms with Crippen LogP contribution >= 0.6 is 0 Å². The Morgan fingerprint density at radius 3 is 2.88 bits per heavy atom. The largest absolute Gasteiger partial charge is 0.356 e. The van der Waals surface area contributed by atoms with Gasteiger partial charge >= 0.3 is 0 Å². The van der Waals surface area contributed by atoms with Gasteiger partial charge in [0, 0.05) is 25.3 Å². The van der Waals surface area contributed by atoms with Gasteiger partial charge in [-0.2, -0.15) is 0 Å². The number of nitrogens with zero attached hydrogens (tertiary/aromatic N) is 3. The van der Waals surface area contributed by atoms with E-state index in [9.17, 15) is 4.79 Å². The standard InChI is InChI=1S/C20H34N4O/c1-4-23(5-2)14-8-10-17(3)22-20(25)18-11-9-15-24(16-18)19-12-6-7-13-21-19/h6-7,12-13,17-18H,4-5,8-11,14-16H2,1-3H3,(H,22,25)/t17-,18-/m1/s1. The molecule has 1 fully saturated rings. The van der Waals surface area contributed by atoms with Crippen LogP contribution in [0, 0.1) is 5.92 Å². The molecule has 2 rings (SSSR count). The highest BCUT2D eigenvalue weighted by atomic mass is 16.2. The zero-order chi connectivity index (χ0) is 18.1. The van der Waals surface area contributed by atoms with Gasteiger partial charge < -0.3 is 15.1 Å². The van der Waals surface area contributed by atoms with Gasteiger partial charge in [-0.15, -0.1) is 0 Å². The summed E-state index contributed by atoms with van der Waals surface area (Å²) in [7, 11) is 0. The second-order valence-corrected chi connectivity index (χ2v) is 7.05. The summed E-state index contributed by atoms with van der Waals surface area (Å²) in [6.07, 6.45) is 6.01. The number of anilines is 1. The van der Waals surface area contributed by atoms with E-state index >= 15 is 0 Å². The molecular formula is C20H34N4O. The lowest BCUT2D eigenvalue weighted by atomic mass is 9.96. The molecule has 1 saturated heterocycles. The lowest BCUT2D eigenvalue weighted by molar-refractivity contribution is -0.125. The molecule has 0 saturated carbocycles. The van der Waals surface area contributed by atoms with Crippen molar-refractivity contribution in [2.45, 2.75) is 52.5 Å². The molecular weight excluding hydrogens is 312 g/mol. The smallest absolute Gasteiger partial charge is 0.225 e. The van der Waals surface area contributed by atoms with Crippen LogP contribution < -0.4 is 10.2 Å². The molecule has 0 radical (unpaired) electrons. The average molecular weight is 347 g/mol. The number of piperidine rings is 1. The highest BCUT2D eigenvalue weighted by molar-refractivity contribution is 5.79. The molecule has 0 spiro atoms. The van der Waals surface area contributed by atoms with Crippen LogP contribution in [0.5, 0.6) is 0 Å². The van der Waals surface area contributed by atoms with Crippen molar-refractivity contribution in [3.63, 3.8) is 0 Å². The number of hydrogen-bond acceptors (Lipinski definition) is 4. The molecule has 5 nitrogen and oxygen atoms in total. The first-order valence-corrected chi connectivity index (χ1v) is 9.82. The second kappa shape index (κ2) is 10.4. The van der Waals surface area contributed by atoms with Crippen molar-refractivity contribution < 1.29 is 4.79 Å². The Morgan fingerprint density at radius 1 is 1.40 bits per heavy atom. The van der Waals surface area contributed by atoms with Gasteiger partial charge in [-0.05, 0) is 64.4 Å². The predicted octanol–water partition coefficient (Wildman–Crippen LogP) is 2.92. The number of carbonyl (C=O) groups excluding carboxylic acids is 1. The van der Waals surface area contributed by atoms with Gasteiger partial charge in [0.2, 0.25) is 5.91 Å². The first-order chi connectivity index (χ1) is 12.1. The number of aromatic nitrogens is 1. The SMILES string of the molecule is CCN(CC)CCC[C@@H](C)NC(=O)[C@@H]1CCCN(c2ccccn2)C1. The summed E-state index contributed by atoms with van der Waals surface area (Å²) >= 11 is 0. The summed E-state index contributed by atoms with van der Waals surface area (Å²) in [6.45, 7) is 11.6. The lowest BCUT2D eigenvalue weighted by Crippen LogP contribution is -2.45. The first kappa shape index (κ1) is 19.7. The van der Waals surface area contributed by atoms with E-state index in [0.29, 0.717) is 0 Å². The Balaban J connectivity index is 1.76. The van der Waals surface area contributed by atoms with E-state index < -0.39 is 0 Å². The van der Waals surface area contributed by atoms with Crippen LogP contribution in [0.15, 0.2) is 24.4 Å². The molecule has 2 heterocycles. The van der Waals surface area contributed by atoms with Gasteiger partial charge in [0.15, 0.2) is 0 Å². The molecule has 5 heteroatoms. The molecule has 1 aromatic rings. The third-order valence-corrected chi connectivity index (χ3v) is 5.16. The van der Waals surface area contributed by atoms with Crippen LogP contribution in [0.2, 0.25) is 0 Å². The first-order valence-electron chi connectivity index (χ1n) is 9.82. The van der Waals surface area contributed by atoms with Crippen LogP contribution in [-0.4, -0.2) is 54.6 Å². The number of amides is 1. The van der Waals surface area contributed by atoms with Crippen molar-refractivity contribution in [2.24, 2.45) is 5.92 Å². The van der Waals surface area contributed by atoms with E-state index in [1.165, 1.54) is 0 Å². The van der Waals surface area contributed by atoms with Crippen LogP contribution in [0.1, 0.15) is 46.5 Å². The molecule has 0 aliphatic carbocycles. The van der Waals surface area contributed by atoms with Crippen molar-refractivity contribution in [1.82, 2.24) is 15.2 Å². The summed E-state index contributed by atoms with van der Waals surface area (Å²) in [5, 5.41) is 3.23. The van der Waals surface area contributed by atoms with E-state index in [4.69, 9.17) is 0 Å². The third kappa shape index (κ3) is 6.31. The topological polar surface area (TPSA) is 48.5 Å². The van der Waals surface area contributed by atoms with E-state index in [1.807, 2.05) is 24.4 Å². The van der Waals surface area contributed by atoms with Crippen molar-refractivity contribution in [2.75, 3.05) is 37.6 Å². The summed E-state index contributed by atoms with van der Waals surface area (Å²) in [6, 6.07) is 6.20. The van der Waals surface area contributed by atoms with Crippen molar-refractivity contribution in [3.05, 3.63) is 24.4 Å². The minimum absolute atomic E-state index is 0.0704. The maximum absolute atomic E-state index is 12.6. The average Bonchev–Trinajstić information content (AvgIpc) is 2.66. The van der Waals surface area contributed by atoms with E-state index in [0.717, 1.165) is 64.2 Å². The molecule has 1 aliphatic rings. The zero-order valence-corrected chi connectivity index (χ0v) is 16.1. The molecule has 25 heavy (non-hydrogen) atoms. The molecule has 1 amide bonds. The second-order valence-electron chi connectivity index (χ2n) is 7.05. The Bertz CT molecular complexity index is 504. The Labute approximate surface area is 152 Å². The van der Waals surface area contributed by atoms with Crippen LogP contribution in [0.4, 0.5) is 5.82 Å². The van der Waals surface area contributed by atoms with E-state index in [1.54, 1.807) is 0 Å². The van der Waals surface area contributed by atoms with Crippen LogP contribution in [0.3, 0.4) is 0 Å². The van der Waals surface area contributed by atoms with E-state index in [2.05, 4.69) is 40.9 Å². The van der Waals surface area contributed by atoms with Gasteiger partial charge in [-0.3, -0.25) is 4.79 Å². The Morgan fingerprint density at radius 2 is 2.20 bits per heavy atom. The zero-order valence-electron chi connectivity index (χ0n) is 16.1. The van der Waals surface area contributed by atoms with Crippen molar-refractivity contribution >= 4 is 11.7 Å². The molecule has 140 valence electrons. The highest BCUT2D eigenvalue weighted by Crippen LogP contribution is 2.21. The third-order valence-electron chi connectivity index (χ3n) is 5.16. The predicted molar refractivity (Wildman–Crippen MR) is 104 cm³/mol. The summed E-state index contributed by atoms with van der Waals surface area (Å²) in [5.74, 6) is 1.25. The quantitative estimate of drug-likeness (QED) is 0.747. The Kier molecular flexibility index (Phi) is 8.19. The Hall–Kier alpha value is -1.62. The number of hydrogen-bond donors (Lipinski definition) is 1. The number of carbonyl (C=O) groups is 1. The number of pyridine rings is 1. The molecule has 0 unspecified atom stereocenters. The summed E-state index contributed by atoms with van der Waals surface area (Å²) < 4.78 is 0. The van der Waals surface area contributed by atoms with E-state index in [-0.39, 0.29) is 17.9 Å². The van der Waals surface area contributed by atoms with Gasteiger partial charge in [-0.1, -0.05) is 19.9 Å². The van der Waals surface area contributed by atoms with Crippen molar-refractivity contribution in [1.29, 1.82) is 0 Å². The fraction of sp³-hybridized carbons (Fsp3) is 0.700. The van der Waals surface area contributed by atoms with Crippen molar-refractivity contribution in [3.8, 4) is 0 Å². The van der Waals surface area contributed by atoms with Gasteiger partial charge in [-0.25, -0.2) is 4.98 Å². The molecule has 1 N–H and O–H groups in total. The minimum atomic E-state index is 0.0704. The maximum Gasteiger partial charge on any atom is 0.225 e. The fourth-order valence-corrected chi connectivity index (χ4v) is 3.53. The van der Waals surface area contributed by atoms with Crippen LogP contribution in [0.25, 0.3) is 0 Å². The van der Waals surface area contributed by atoms with Gasteiger partial charge in [0.25, 0.3) is 0 Å². The molecule has 2 atom stereocenters. The molecule has 0 bridgehead atoms. The molecule has 0 aromatic carbocycles. The fourth-order valence-electron chi connectivity index (χ4n) is 3.53. The molecule has 1 aliphatic heterocycles. The molecule has 1 aromatic heterocycles. The highest BCUT2D eigenvalue weighted by Gasteiger charge is 2.27. The maximum atomic E-state index is 12.6. The summed E-state index contributed by atoms with van der Waals surface area (Å²) in [4.78, 5) is 21.7. The monoisotopic (exact) mass is 346 g/mol. The normalized spacial score (nSPS) is 19.0. The number of nitrogens with one attached hydrogen (secondary N) is 1. The number of rotatable bonds is 9.